The van der Waals surface area contributed by atoms with Gasteiger partial charge in [0.15, 0.2) is 5.13 Å². The van der Waals surface area contributed by atoms with E-state index in [0.29, 0.717) is 5.13 Å². The molecule has 7 heteroatoms. The molecule has 0 spiro atoms. The maximum Gasteiger partial charge on any atom is 0.345 e. The maximum atomic E-state index is 10.3. The molecule has 1 aliphatic heterocycles. The van der Waals surface area contributed by atoms with Gasteiger partial charge in [-0.15, -0.1) is 0 Å². The highest BCUT2D eigenvalue weighted by molar-refractivity contribution is 7.18. The topological polar surface area (TPSA) is 85.3 Å². The van der Waals surface area contributed by atoms with Crippen molar-refractivity contribution in [1.29, 1.82) is 0 Å². The lowest BCUT2D eigenvalue weighted by molar-refractivity contribution is -0.380. The van der Waals surface area contributed by atoms with Crippen LogP contribution < -0.4 is 10.6 Å². The fourth-order valence-electron chi connectivity index (χ4n) is 1.16. The molecular formula is C6H8N4O2S. The van der Waals surface area contributed by atoms with E-state index in [0.717, 1.165) is 24.4 Å². The first-order valence-corrected chi connectivity index (χ1v) is 4.59. The predicted octanol–water partition coefficient (Wildman–Crippen LogP) is 0.199. The molecule has 2 N–H and O–H groups in total. The molecule has 0 atom stereocenters. The van der Waals surface area contributed by atoms with Crippen LogP contribution in [-0.4, -0.2) is 29.0 Å². The summed E-state index contributed by atoms with van der Waals surface area (Å²) < 4.78 is 0. The van der Waals surface area contributed by atoms with E-state index < -0.39 is 4.92 Å². The zero-order valence-electron chi connectivity index (χ0n) is 6.71. The Morgan fingerprint density at radius 3 is 2.92 bits per heavy atom. The molecule has 0 bridgehead atoms. The average molecular weight is 200 g/mol. The van der Waals surface area contributed by atoms with E-state index in [1.165, 1.54) is 6.20 Å². The molecule has 1 fully saturated rings. The first-order valence-electron chi connectivity index (χ1n) is 3.77. The molecule has 2 heterocycles. The second kappa shape index (κ2) is 2.93. The summed E-state index contributed by atoms with van der Waals surface area (Å²) in [5, 5.41) is 11.1. The summed E-state index contributed by atoms with van der Waals surface area (Å²) in [5.41, 5.74) is 5.57. The Hall–Kier alpha value is -1.21. The van der Waals surface area contributed by atoms with Crippen molar-refractivity contribution >= 4 is 21.5 Å². The van der Waals surface area contributed by atoms with Gasteiger partial charge >= 0.3 is 5.00 Å². The highest BCUT2D eigenvalue weighted by Gasteiger charge is 2.26. The van der Waals surface area contributed by atoms with Gasteiger partial charge in [-0.25, -0.2) is 4.98 Å². The minimum Gasteiger partial charge on any atom is -0.345 e. The van der Waals surface area contributed by atoms with Crippen molar-refractivity contribution in [2.75, 3.05) is 18.0 Å². The van der Waals surface area contributed by atoms with Crippen molar-refractivity contribution in [1.82, 2.24) is 4.98 Å². The molecule has 0 radical (unpaired) electrons. The first-order chi connectivity index (χ1) is 6.16. The van der Waals surface area contributed by atoms with Crippen LogP contribution in [0.4, 0.5) is 10.1 Å². The van der Waals surface area contributed by atoms with Gasteiger partial charge in [-0.05, 0) is 11.3 Å². The van der Waals surface area contributed by atoms with Crippen molar-refractivity contribution in [3.63, 3.8) is 0 Å². The molecular weight excluding hydrogens is 192 g/mol. The first kappa shape index (κ1) is 8.39. The Balaban J connectivity index is 2.10. The van der Waals surface area contributed by atoms with Crippen LogP contribution in [0.5, 0.6) is 0 Å². The molecule has 0 aromatic carbocycles. The highest BCUT2D eigenvalue weighted by atomic mass is 32.1. The zero-order chi connectivity index (χ0) is 9.42. The Kier molecular flexibility index (Phi) is 1.89. The van der Waals surface area contributed by atoms with Gasteiger partial charge in [0.2, 0.25) is 0 Å². The van der Waals surface area contributed by atoms with Gasteiger partial charge in [-0.1, -0.05) is 0 Å². The Labute approximate surface area is 78.1 Å². The number of aromatic nitrogens is 1. The van der Waals surface area contributed by atoms with Gasteiger partial charge in [0.05, 0.1) is 4.92 Å². The summed E-state index contributed by atoms with van der Waals surface area (Å²) in [6, 6.07) is 0.183. The molecule has 6 nitrogen and oxygen atoms in total. The van der Waals surface area contributed by atoms with Gasteiger partial charge in [0.1, 0.15) is 6.20 Å². The molecule has 0 unspecified atom stereocenters. The molecule has 0 saturated carbocycles. The van der Waals surface area contributed by atoms with Crippen molar-refractivity contribution < 1.29 is 4.92 Å². The monoisotopic (exact) mass is 200 g/mol. The number of hydrogen-bond acceptors (Lipinski definition) is 6. The lowest BCUT2D eigenvalue weighted by Gasteiger charge is -2.36. The van der Waals surface area contributed by atoms with E-state index in [1.54, 1.807) is 0 Å². The fourth-order valence-corrected chi connectivity index (χ4v) is 1.91. The van der Waals surface area contributed by atoms with Crippen LogP contribution in [0.15, 0.2) is 6.20 Å². The summed E-state index contributed by atoms with van der Waals surface area (Å²) in [7, 11) is 0. The maximum absolute atomic E-state index is 10.3. The van der Waals surface area contributed by atoms with Gasteiger partial charge in [0.25, 0.3) is 0 Å². The van der Waals surface area contributed by atoms with E-state index >= 15 is 0 Å². The molecule has 2 rings (SSSR count). The van der Waals surface area contributed by atoms with Gasteiger partial charge in [0, 0.05) is 19.1 Å². The van der Waals surface area contributed by atoms with Crippen LogP contribution >= 0.6 is 11.3 Å². The molecule has 70 valence electrons. The van der Waals surface area contributed by atoms with Crippen LogP contribution in [0.25, 0.3) is 0 Å². The minimum atomic E-state index is -0.430. The molecule has 1 aliphatic rings. The van der Waals surface area contributed by atoms with Gasteiger partial charge in [-0.3, -0.25) is 10.1 Å². The third-order valence-electron chi connectivity index (χ3n) is 1.84. The molecule has 0 aliphatic carbocycles. The molecule has 1 aromatic heterocycles. The number of nitrogens with two attached hydrogens (primary N) is 1. The zero-order valence-corrected chi connectivity index (χ0v) is 7.53. The Bertz CT molecular complexity index is 333. The molecule has 1 saturated heterocycles. The van der Waals surface area contributed by atoms with Crippen LogP contribution in [-0.2, 0) is 0 Å². The summed E-state index contributed by atoms with van der Waals surface area (Å²) in [6.45, 7) is 1.48. The molecule has 1 aromatic rings. The smallest absolute Gasteiger partial charge is 0.345 e. The highest BCUT2D eigenvalue weighted by Crippen LogP contribution is 2.30. The Morgan fingerprint density at radius 2 is 2.46 bits per heavy atom. The van der Waals surface area contributed by atoms with Crippen molar-refractivity contribution in [3.8, 4) is 0 Å². The van der Waals surface area contributed by atoms with E-state index in [1.807, 2.05) is 4.90 Å². The third kappa shape index (κ3) is 1.47. The van der Waals surface area contributed by atoms with Crippen LogP contribution in [0, 0.1) is 10.1 Å². The largest absolute Gasteiger partial charge is 0.345 e. The van der Waals surface area contributed by atoms with Crippen molar-refractivity contribution in [2.24, 2.45) is 5.73 Å². The average Bonchev–Trinajstić information content (AvgIpc) is 2.46. The minimum absolute atomic E-state index is 0.0791. The second-order valence-corrected chi connectivity index (χ2v) is 3.89. The standard InChI is InChI=1S/C6H8N4O2S/c7-4-2-9(3-4)6-8-1-5(13-6)10(11)12/h1,4H,2-3,7H2. The number of nitrogens with zero attached hydrogens (tertiary/aromatic N) is 3. The van der Waals surface area contributed by atoms with Crippen LogP contribution in [0.3, 0.4) is 0 Å². The van der Waals surface area contributed by atoms with Gasteiger partial charge < -0.3 is 10.6 Å². The summed E-state index contributed by atoms with van der Waals surface area (Å²) in [5.74, 6) is 0. The van der Waals surface area contributed by atoms with Crippen LogP contribution in [0.1, 0.15) is 0 Å². The summed E-state index contributed by atoms with van der Waals surface area (Å²) in [4.78, 5) is 15.8. The number of rotatable bonds is 2. The summed E-state index contributed by atoms with van der Waals surface area (Å²) in [6.07, 6.45) is 1.28. The number of hydrogen-bond donors (Lipinski definition) is 1. The summed E-state index contributed by atoms with van der Waals surface area (Å²) >= 11 is 1.09. The number of nitro groups is 1. The SMILES string of the molecule is NC1CN(c2ncc([N+](=O)[O-])s2)C1. The third-order valence-corrected chi connectivity index (χ3v) is 2.85. The second-order valence-electron chi connectivity index (χ2n) is 2.90. The van der Waals surface area contributed by atoms with E-state index in [4.69, 9.17) is 5.73 Å². The van der Waals surface area contributed by atoms with Crippen molar-refractivity contribution in [3.05, 3.63) is 16.3 Å². The Morgan fingerprint density at radius 1 is 1.77 bits per heavy atom. The molecule has 0 amide bonds. The van der Waals surface area contributed by atoms with E-state index in [-0.39, 0.29) is 11.0 Å². The number of anilines is 1. The van der Waals surface area contributed by atoms with E-state index in [9.17, 15) is 10.1 Å². The predicted molar refractivity (Wildman–Crippen MR) is 49.0 cm³/mol. The van der Waals surface area contributed by atoms with E-state index in [2.05, 4.69) is 4.98 Å². The fraction of sp³-hybridized carbons (Fsp3) is 0.500. The van der Waals surface area contributed by atoms with Crippen LogP contribution in [0.2, 0.25) is 0 Å². The molecule has 13 heavy (non-hydrogen) atoms. The van der Waals surface area contributed by atoms with Crippen molar-refractivity contribution in [2.45, 2.75) is 6.04 Å². The normalized spacial score (nSPS) is 17.2. The quantitative estimate of drug-likeness (QED) is 0.544. The lowest BCUT2D eigenvalue weighted by atomic mass is 10.1. The van der Waals surface area contributed by atoms with Gasteiger partial charge in [-0.2, -0.15) is 0 Å². The lowest BCUT2D eigenvalue weighted by Crippen LogP contribution is -2.55. The number of thiazole rings is 1.